The van der Waals surface area contributed by atoms with E-state index < -0.39 is 0 Å². The molecule has 1 fully saturated rings. The first-order valence-corrected chi connectivity index (χ1v) is 7.12. The summed E-state index contributed by atoms with van der Waals surface area (Å²) in [5, 5.41) is 9.85. The lowest BCUT2D eigenvalue weighted by atomic mass is 10.2. The predicted molar refractivity (Wildman–Crippen MR) is 79.1 cm³/mol. The molecule has 0 saturated carbocycles. The van der Waals surface area contributed by atoms with E-state index in [9.17, 15) is 9.90 Å². The van der Waals surface area contributed by atoms with Crippen LogP contribution in [0.5, 0.6) is 0 Å². The molecule has 0 amide bonds. The highest BCUT2D eigenvalue weighted by Gasteiger charge is 2.25. The molecule has 1 aromatic heterocycles. The van der Waals surface area contributed by atoms with Crippen LogP contribution in [0, 0.1) is 0 Å². The maximum absolute atomic E-state index is 12.0. The number of hydrogen-bond donors (Lipinski definition) is 2. The first-order valence-electron chi connectivity index (χ1n) is 7.12. The van der Waals surface area contributed by atoms with Gasteiger partial charge in [0.15, 0.2) is 0 Å². The number of hydrogen-bond acceptors (Lipinski definition) is 5. The summed E-state index contributed by atoms with van der Waals surface area (Å²) in [4.78, 5) is 21.5. The molecule has 2 atom stereocenters. The Morgan fingerprint density at radius 1 is 1.43 bits per heavy atom. The first kappa shape index (κ1) is 14.2. The van der Waals surface area contributed by atoms with Crippen LogP contribution < -0.4 is 5.56 Å². The minimum absolute atomic E-state index is 0.00249. The van der Waals surface area contributed by atoms with Crippen molar-refractivity contribution in [2.75, 3.05) is 19.7 Å². The van der Waals surface area contributed by atoms with Crippen LogP contribution in [0.3, 0.4) is 0 Å². The third kappa shape index (κ3) is 3.12. The van der Waals surface area contributed by atoms with Crippen LogP contribution in [-0.4, -0.2) is 51.9 Å². The highest BCUT2D eigenvalue weighted by molar-refractivity contribution is 5.77. The van der Waals surface area contributed by atoms with Crippen molar-refractivity contribution in [3.8, 4) is 0 Å². The molecule has 1 aromatic carbocycles. The molecule has 1 aliphatic rings. The van der Waals surface area contributed by atoms with Crippen molar-refractivity contribution in [3.63, 3.8) is 0 Å². The summed E-state index contributed by atoms with van der Waals surface area (Å²) in [6.07, 6.45) is -0.121. The number of ether oxygens (including phenoxy) is 1. The van der Waals surface area contributed by atoms with Gasteiger partial charge in [-0.05, 0) is 19.1 Å². The van der Waals surface area contributed by atoms with E-state index in [4.69, 9.17) is 4.74 Å². The smallest absolute Gasteiger partial charge is 0.258 e. The molecule has 112 valence electrons. The van der Waals surface area contributed by atoms with Gasteiger partial charge in [-0.1, -0.05) is 12.1 Å². The summed E-state index contributed by atoms with van der Waals surface area (Å²) in [6.45, 7) is 3.92. The van der Waals surface area contributed by atoms with Gasteiger partial charge in [0.2, 0.25) is 0 Å². The van der Waals surface area contributed by atoms with Crippen molar-refractivity contribution in [2.24, 2.45) is 0 Å². The van der Waals surface area contributed by atoms with E-state index in [1.54, 1.807) is 6.07 Å². The number of aliphatic hydroxyl groups excluding tert-OH is 1. The fourth-order valence-corrected chi connectivity index (χ4v) is 2.79. The summed E-state index contributed by atoms with van der Waals surface area (Å²) in [5.41, 5.74) is 0.590. The van der Waals surface area contributed by atoms with Crippen molar-refractivity contribution < 1.29 is 9.84 Å². The van der Waals surface area contributed by atoms with Gasteiger partial charge < -0.3 is 14.8 Å². The number of benzene rings is 1. The third-order valence-corrected chi connectivity index (χ3v) is 3.64. The predicted octanol–water partition coefficient (Wildman–Crippen LogP) is 0.505. The zero-order valence-electron chi connectivity index (χ0n) is 12.0. The maximum Gasteiger partial charge on any atom is 0.258 e. The zero-order valence-corrected chi connectivity index (χ0v) is 12.0. The number of fused-ring (bicyclic) bond motifs is 1. The SMILES string of the molecule is CC1CN(Cc2nc3ccccc3c(=O)[nH]2)CC(CO)O1. The van der Waals surface area contributed by atoms with Crippen LogP contribution in [0.25, 0.3) is 10.9 Å². The Kier molecular flexibility index (Phi) is 4.01. The lowest BCUT2D eigenvalue weighted by Gasteiger charge is -2.35. The lowest BCUT2D eigenvalue weighted by molar-refractivity contribution is -0.0977. The second-order valence-corrected chi connectivity index (χ2v) is 5.48. The van der Waals surface area contributed by atoms with Crippen LogP contribution >= 0.6 is 0 Å². The summed E-state index contributed by atoms with van der Waals surface area (Å²) in [6, 6.07) is 7.31. The standard InChI is InChI=1S/C15H19N3O3/c1-10-6-18(7-11(9-19)21-10)8-14-16-13-5-3-2-4-12(13)15(20)17-14/h2-5,10-11,19H,6-9H2,1H3,(H,16,17,20). The normalized spacial score (nSPS) is 23.5. The lowest BCUT2D eigenvalue weighted by Crippen LogP contribution is -2.47. The summed E-state index contributed by atoms with van der Waals surface area (Å²) >= 11 is 0. The molecule has 1 saturated heterocycles. The van der Waals surface area contributed by atoms with Gasteiger partial charge in [-0.15, -0.1) is 0 Å². The zero-order chi connectivity index (χ0) is 14.8. The molecule has 2 unspecified atom stereocenters. The molecular formula is C15H19N3O3. The fraction of sp³-hybridized carbons (Fsp3) is 0.467. The van der Waals surface area contributed by atoms with E-state index in [2.05, 4.69) is 14.9 Å². The van der Waals surface area contributed by atoms with E-state index in [-0.39, 0.29) is 24.4 Å². The summed E-state index contributed by atoms with van der Waals surface area (Å²) in [7, 11) is 0. The number of aromatic nitrogens is 2. The Morgan fingerprint density at radius 2 is 2.24 bits per heavy atom. The first-order chi connectivity index (χ1) is 10.2. The minimum Gasteiger partial charge on any atom is -0.394 e. The van der Waals surface area contributed by atoms with E-state index in [1.807, 2.05) is 25.1 Å². The van der Waals surface area contributed by atoms with Crippen molar-refractivity contribution in [1.29, 1.82) is 0 Å². The van der Waals surface area contributed by atoms with Gasteiger partial charge >= 0.3 is 0 Å². The molecule has 6 nitrogen and oxygen atoms in total. The Bertz CT molecular complexity index is 685. The summed E-state index contributed by atoms with van der Waals surface area (Å²) in [5.74, 6) is 0.643. The second-order valence-electron chi connectivity index (χ2n) is 5.48. The van der Waals surface area contributed by atoms with Crippen molar-refractivity contribution >= 4 is 10.9 Å². The van der Waals surface area contributed by atoms with Gasteiger partial charge in [0.25, 0.3) is 5.56 Å². The molecular weight excluding hydrogens is 270 g/mol. The van der Waals surface area contributed by atoms with Crippen molar-refractivity contribution in [3.05, 3.63) is 40.4 Å². The number of morpholine rings is 1. The number of aliphatic hydroxyl groups is 1. The fourth-order valence-electron chi connectivity index (χ4n) is 2.79. The van der Waals surface area contributed by atoms with Gasteiger partial charge in [0.05, 0.1) is 36.3 Å². The third-order valence-electron chi connectivity index (χ3n) is 3.64. The maximum atomic E-state index is 12.0. The quantitative estimate of drug-likeness (QED) is 0.860. The van der Waals surface area contributed by atoms with Crippen molar-refractivity contribution in [1.82, 2.24) is 14.9 Å². The molecule has 6 heteroatoms. The second kappa shape index (κ2) is 5.93. The van der Waals surface area contributed by atoms with Gasteiger partial charge in [0.1, 0.15) is 5.82 Å². The topological polar surface area (TPSA) is 78.5 Å². The Labute approximate surface area is 122 Å². The number of rotatable bonds is 3. The highest BCUT2D eigenvalue weighted by atomic mass is 16.5. The summed E-state index contributed by atoms with van der Waals surface area (Å²) < 4.78 is 5.61. The number of H-pyrrole nitrogens is 1. The van der Waals surface area contributed by atoms with Gasteiger partial charge in [-0.25, -0.2) is 4.98 Å². The monoisotopic (exact) mass is 289 g/mol. The highest BCUT2D eigenvalue weighted by Crippen LogP contribution is 2.13. The molecule has 1 aliphatic heterocycles. The van der Waals surface area contributed by atoms with Crippen LogP contribution in [0.1, 0.15) is 12.7 Å². The Hall–Kier alpha value is -1.76. The van der Waals surface area contributed by atoms with E-state index in [0.717, 1.165) is 6.54 Å². The van der Waals surface area contributed by atoms with E-state index in [0.29, 0.717) is 29.8 Å². The number of nitrogens with one attached hydrogen (secondary N) is 1. The average molecular weight is 289 g/mol. The van der Waals surface area contributed by atoms with E-state index >= 15 is 0 Å². The van der Waals surface area contributed by atoms with Crippen molar-refractivity contribution in [2.45, 2.75) is 25.7 Å². The van der Waals surface area contributed by atoms with Gasteiger partial charge in [0, 0.05) is 13.1 Å². The molecule has 0 radical (unpaired) electrons. The average Bonchev–Trinajstić information content (AvgIpc) is 2.46. The molecule has 2 heterocycles. The Morgan fingerprint density at radius 3 is 3.05 bits per heavy atom. The van der Waals surface area contributed by atoms with Crippen LogP contribution in [0.15, 0.2) is 29.1 Å². The van der Waals surface area contributed by atoms with Gasteiger partial charge in [-0.3, -0.25) is 9.69 Å². The van der Waals surface area contributed by atoms with Crippen LogP contribution in [0.2, 0.25) is 0 Å². The largest absolute Gasteiger partial charge is 0.394 e. The molecule has 0 spiro atoms. The molecule has 21 heavy (non-hydrogen) atoms. The number of para-hydroxylation sites is 1. The Balaban J connectivity index is 1.83. The van der Waals surface area contributed by atoms with Gasteiger partial charge in [-0.2, -0.15) is 0 Å². The molecule has 2 aromatic rings. The molecule has 3 rings (SSSR count). The minimum atomic E-state index is -0.180. The molecule has 2 N–H and O–H groups in total. The van der Waals surface area contributed by atoms with Crippen LogP contribution in [-0.2, 0) is 11.3 Å². The number of nitrogens with zero attached hydrogens (tertiary/aromatic N) is 2. The molecule has 0 bridgehead atoms. The number of aromatic amines is 1. The van der Waals surface area contributed by atoms with Crippen LogP contribution in [0.4, 0.5) is 0 Å². The molecule has 0 aliphatic carbocycles. The van der Waals surface area contributed by atoms with E-state index in [1.165, 1.54) is 0 Å².